The second-order valence-corrected chi connectivity index (χ2v) is 7.34. The molecule has 1 aliphatic heterocycles. The smallest absolute Gasteiger partial charge is 0.245 e. The van der Waals surface area contributed by atoms with Gasteiger partial charge in [-0.05, 0) is 26.0 Å². The van der Waals surface area contributed by atoms with Crippen LogP contribution in [0.2, 0.25) is 0 Å². The molecule has 0 spiro atoms. The van der Waals surface area contributed by atoms with Gasteiger partial charge in [0.05, 0.1) is 12.8 Å². The predicted molar refractivity (Wildman–Crippen MR) is 82.9 cm³/mol. The van der Waals surface area contributed by atoms with Crippen molar-refractivity contribution in [3.05, 3.63) is 18.2 Å². The van der Waals surface area contributed by atoms with Gasteiger partial charge in [-0.15, -0.1) is 0 Å². The van der Waals surface area contributed by atoms with Gasteiger partial charge in [0.2, 0.25) is 10.0 Å². The highest BCUT2D eigenvalue weighted by molar-refractivity contribution is 7.89. The number of nitrogen functional groups attached to an aromatic ring is 1. The zero-order valence-corrected chi connectivity index (χ0v) is 13.6. The van der Waals surface area contributed by atoms with Crippen molar-refractivity contribution in [2.24, 2.45) is 0 Å². The highest BCUT2D eigenvalue weighted by atomic mass is 32.2. The second kappa shape index (κ2) is 6.21. The van der Waals surface area contributed by atoms with E-state index in [1.807, 2.05) is 0 Å². The number of methoxy groups -OCH3 is 1. The largest absolute Gasteiger partial charge is 0.497 e. The maximum atomic E-state index is 12.7. The first-order chi connectivity index (χ1) is 9.86. The van der Waals surface area contributed by atoms with E-state index in [-0.39, 0.29) is 10.6 Å². The molecular formula is C14H23N3O3S. The SMILES string of the molecule is COc1ccc(S(=O)(=O)N2CCN(C(C)C)CC2)c(N)c1. The van der Waals surface area contributed by atoms with Crippen LogP contribution in [0.25, 0.3) is 0 Å². The van der Waals surface area contributed by atoms with E-state index in [0.29, 0.717) is 24.9 Å². The number of nitrogens with two attached hydrogens (primary N) is 1. The molecule has 1 aromatic carbocycles. The minimum Gasteiger partial charge on any atom is -0.497 e. The predicted octanol–water partition coefficient (Wildman–Crippen LogP) is 0.992. The first-order valence-corrected chi connectivity index (χ1v) is 8.48. The number of piperazine rings is 1. The molecule has 1 aliphatic rings. The Hall–Kier alpha value is -1.31. The summed E-state index contributed by atoms with van der Waals surface area (Å²) in [4.78, 5) is 2.42. The maximum absolute atomic E-state index is 12.7. The quantitative estimate of drug-likeness (QED) is 0.839. The van der Waals surface area contributed by atoms with Crippen LogP contribution in [0.5, 0.6) is 5.75 Å². The van der Waals surface area contributed by atoms with Crippen LogP contribution < -0.4 is 10.5 Å². The summed E-state index contributed by atoms with van der Waals surface area (Å²) in [6.45, 7) is 6.70. The number of ether oxygens (including phenoxy) is 1. The van der Waals surface area contributed by atoms with E-state index in [1.54, 1.807) is 6.07 Å². The van der Waals surface area contributed by atoms with Crippen LogP contribution in [0, 0.1) is 0 Å². The Kier molecular flexibility index (Phi) is 4.75. The summed E-state index contributed by atoms with van der Waals surface area (Å²) in [5.74, 6) is 0.552. The molecule has 0 bridgehead atoms. The Bertz CT molecular complexity index is 593. The standard InChI is InChI=1S/C14H23N3O3S/c1-11(2)16-6-8-17(9-7-16)21(18,19)14-5-4-12(20-3)10-13(14)15/h4-5,10-11H,6-9,15H2,1-3H3. The van der Waals surface area contributed by atoms with E-state index in [1.165, 1.54) is 23.5 Å². The zero-order valence-electron chi connectivity index (χ0n) is 12.7. The Morgan fingerprint density at radius 3 is 2.29 bits per heavy atom. The summed E-state index contributed by atoms with van der Waals surface area (Å²) in [5.41, 5.74) is 6.09. The molecule has 118 valence electrons. The van der Waals surface area contributed by atoms with Gasteiger partial charge < -0.3 is 10.5 Å². The number of sulfonamides is 1. The van der Waals surface area contributed by atoms with E-state index in [4.69, 9.17) is 10.5 Å². The number of anilines is 1. The van der Waals surface area contributed by atoms with Gasteiger partial charge in [0, 0.05) is 38.3 Å². The fourth-order valence-electron chi connectivity index (χ4n) is 2.49. The lowest BCUT2D eigenvalue weighted by Gasteiger charge is -2.36. The fourth-order valence-corrected chi connectivity index (χ4v) is 4.01. The van der Waals surface area contributed by atoms with Crippen LogP contribution >= 0.6 is 0 Å². The molecule has 2 rings (SSSR count). The van der Waals surface area contributed by atoms with E-state index < -0.39 is 10.0 Å². The number of nitrogens with zero attached hydrogens (tertiary/aromatic N) is 2. The van der Waals surface area contributed by atoms with Gasteiger partial charge in [0.1, 0.15) is 10.6 Å². The fraction of sp³-hybridized carbons (Fsp3) is 0.571. The molecule has 0 saturated carbocycles. The number of benzene rings is 1. The van der Waals surface area contributed by atoms with Crippen LogP contribution in [-0.4, -0.2) is 57.0 Å². The summed E-state index contributed by atoms with van der Waals surface area (Å²) < 4.78 is 31.9. The molecule has 0 radical (unpaired) electrons. The third-order valence-corrected chi connectivity index (χ3v) is 5.81. The van der Waals surface area contributed by atoms with Crippen LogP contribution in [-0.2, 0) is 10.0 Å². The highest BCUT2D eigenvalue weighted by Gasteiger charge is 2.30. The Morgan fingerprint density at radius 1 is 1.19 bits per heavy atom. The van der Waals surface area contributed by atoms with Crippen molar-refractivity contribution in [3.8, 4) is 5.75 Å². The third-order valence-electron chi connectivity index (χ3n) is 3.84. The molecule has 6 nitrogen and oxygen atoms in total. The Morgan fingerprint density at radius 2 is 1.81 bits per heavy atom. The molecular weight excluding hydrogens is 290 g/mol. The van der Waals surface area contributed by atoms with Crippen LogP contribution in [0.1, 0.15) is 13.8 Å². The lowest BCUT2D eigenvalue weighted by Crippen LogP contribution is -2.50. The van der Waals surface area contributed by atoms with Crippen molar-refractivity contribution < 1.29 is 13.2 Å². The first-order valence-electron chi connectivity index (χ1n) is 7.04. The van der Waals surface area contributed by atoms with Gasteiger partial charge in [-0.3, -0.25) is 4.90 Å². The van der Waals surface area contributed by atoms with Crippen molar-refractivity contribution in [2.75, 3.05) is 39.0 Å². The monoisotopic (exact) mass is 313 g/mol. The molecule has 0 aliphatic carbocycles. The zero-order chi connectivity index (χ0) is 15.6. The van der Waals surface area contributed by atoms with Gasteiger partial charge in [0.15, 0.2) is 0 Å². The van der Waals surface area contributed by atoms with Gasteiger partial charge in [-0.25, -0.2) is 8.42 Å². The van der Waals surface area contributed by atoms with Gasteiger partial charge >= 0.3 is 0 Å². The third kappa shape index (κ3) is 3.30. The Balaban J connectivity index is 2.19. The molecule has 1 fully saturated rings. The highest BCUT2D eigenvalue weighted by Crippen LogP contribution is 2.27. The van der Waals surface area contributed by atoms with E-state index in [9.17, 15) is 8.42 Å². The molecule has 0 atom stereocenters. The van der Waals surface area contributed by atoms with Crippen LogP contribution in [0.4, 0.5) is 5.69 Å². The molecule has 7 heteroatoms. The van der Waals surface area contributed by atoms with Gasteiger partial charge in [-0.2, -0.15) is 4.31 Å². The number of rotatable bonds is 4. The summed E-state index contributed by atoms with van der Waals surface area (Å²) >= 11 is 0. The molecule has 0 unspecified atom stereocenters. The molecule has 1 aromatic rings. The van der Waals surface area contributed by atoms with Crippen LogP contribution in [0.3, 0.4) is 0 Å². The summed E-state index contributed by atoms with van der Waals surface area (Å²) in [5, 5.41) is 0. The lowest BCUT2D eigenvalue weighted by atomic mass is 10.3. The molecule has 1 heterocycles. The average molecular weight is 313 g/mol. The topological polar surface area (TPSA) is 75.9 Å². The van der Waals surface area contributed by atoms with Crippen molar-refractivity contribution in [1.29, 1.82) is 0 Å². The van der Waals surface area contributed by atoms with Crippen molar-refractivity contribution in [3.63, 3.8) is 0 Å². The van der Waals surface area contributed by atoms with Crippen molar-refractivity contribution in [1.82, 2.24) is 9.21 Å². The molecule has 0 amide bonds. The number of hydrogen-bond acceptors (Lipinski definition) is 5. The molecule has 21 heavy (non-hydrogen) atoms. The minimum atomic E-state index is -3.54. The van der Waals surface area contributed by atoms with Crippen LogP contribution in [0.15, 0.2) is 23.1 Å². The molecule has 2 N–H and O–H groups in total. The van der Waals surface area contributed by atoms with Crippen molar-refractivity contribution in [2.45, 2.75) is 24.8 Å². The van der Waals surface area contributed by atoms with E-state index in [0.717, 1.165) is 13.1 Å². The Labute approximate surface area is 126 Å². The maximum Gasteiger partial charge on any atom is 0.245 e. The number of hydrogen-bond donors (Lipinski definition) is 1. The van der Waals surface area contributed by atoms with E-state index >= 15 is 0 Å². The molecule has 1 saturated heterocycles. The average Bonchev–Trinajstić information content (AvgIpc) is 2.46. The summed E-state index contributed by atoms with van der Waals surface area (Å²) in [6, 6.07) is 5.10. The van der Waals surface area contributed by atoms with Gasteiger partial charge in [-0.1, -0.05) is 0 Å². The minimum absolute atomic E-state index is 0.154. The van der Waals surface area contributed by atoms with Gasteiger partial charge in [0.25, 0.3) is 0 Å². The summed E-state index contributed by atoms with van der Waals surface area (Å²) in [6.07, 6.45) is 0. The lowest BCUT2D eigenvalue weighted by molar-refractivity contribution is 0.154. The second-order valence-electron chi connectivity index (χ2n) is 5.44. The van der Waals surface area contributed by atoms with E-state index in [2.05, 4.69) is 18.7 Å². The first kappa shape index (κ1) is 16.1. The summed E-state index contributed by atoms with van der Waals surface area (Å²) in [7, 11) is -2.02. The molecule has 0 aromatic heterocycles. The normalized spacial score (nSPS) is 18.1. The van der Waals surface area contributed by atoms with Crippen molar-refractivity contribution >= 4 is 15.7 Å².